The molecule has 0 aliphatic heterocycles. The molecule has 0 bridgehead atoms. The lowest BCUT2D eigenvalue weighted by Gasteiger charge is -1.99. The van der Waals surface area contributed by atoms with Crippen molar-refractivity contribution < 1.29 is 10.1 Å². The smallest absolute Gasteiger partial charge is 0.281 e. The minimum absolute atomic E-state index is 0.00678. The van der Waals surface area contributed by atoms with Crippen LogP contribution >= 0.6 is 15.9 Å². The predicted octanol–water partition coefficient (Wildman–Crippen LogP) is 1.33. The van der Waals surface area contributed by atoms with Crippen LogP contribution in [-0.2, 0) is 0 Å². The normalized spacial score (nSPS) is 10.5. The Labute approximate surface area is 95.6 Å². The minimum Gasteiger partial charge on any atom is -0.281 e. The van der Waals surface area contributed by atoms with Gasteiger partial charge in [0.1, 0.15) is 0 Å². The molecule has 0 aliphatic rings. The van der Waals surface area contributed by atoms with Gasteiger partial charge in [0.25, 0.3) is 0 Å². The summed E-state index contributed by atoms with van der Waals surface area (Å²) in [4.78, 5) is 15.7. The van der Waals surface area contributed by atoms with Gasteiger partial charge in [-0.05, 0) is 18.2 Å². The average molecular weight is 266 g/mol. The van der Waals surface area contributed by atoms with E-state index in [2.05, 4.69) is 20.9 Å². The van der Waals surface area contributed by atoms with Crippen LogP contribution in [0.4, 0.5) is 0 Å². The number of primary amides is 1. The first-order valence-corrected chi connectivity index (χ1v) is 5.39. The first-order valence-electron chi connectivity index (χ1n) is 4.59. The molecule has 2 rings (SSSR count). The highest BCUT2D eigenvalue weighted by atomic mass is 79.9. The van der Waals surface area contributed by atoms with Gasteiger partial charge in [0.2, 0.25) is 0 Å². The van der Waals surface area contributed by atoms with Crippen LogP contribution in [0.3, 0.4) is 0 Å². The Morgan fingerprint density at radius 3 is 2.93 bits per heavy atom. The molecule has 2 aromatic rings. The quantitative estimate of drug-likeness (QED) is 0.846. The molecule has 0 saturated heterocycles. The van der Waals surface area contributed by atoms with Crippen molar-refractivity contribution in [3.05, 3.63) is 40.5 Å². The van der Waals surface area contributed by atoms with Crippen LogP contribution in [0.25, 0.3) is 10.9 Å². The van der Waals surface area contributed by atoms with Crippen LogP contribution < -0.4 is 5.32 Å². The number of nitrogens with zero attached hydrogens (tertiary/aromatic N) is 1. The van der Waals surface area contributed by atoms with E-state index in [1.54, 1.807) is 18.6 Å². The lowest BCUT2D eigenvalue weighted by molar-refractivity contribution is -0.523. The molecule has 4 heteroatoms. The topological polar surface area (TPSA) is 46.6 Å². The number of hydrogen-bond acceptors (Lipinski definition) is 2. The largest absolute Gasteiger partial charge is 0.344 e. The van der Waals surface area contributed by atoms with Gasteiger partial charge in [-0.2, -0.15) is 0 Å². The monoisotopic (exact) mass is 265 g/mol. The third kappa shape index (κ3) is 2.06. The fourth-order valence-electron chi connectivity index (χ4n) is 1.40. The van der Waals surface area contributed by atoms with E-state index in [-0.39, 0.29) is 5.91 Å². The van der Waals surface area contributed by atoms with Crippen molar-refractivity contribution in [2.24, 2.45) is 0 Å². The fraction of sp³-hybridized carbons (Fsp3) is 0.0909. The van der Waals surface area contributed by atoms with Gasteiger partial charge in [-0.1, -0.05) is 22.0 Å². The second-order valence-electron chi connectivity index (χ2n) is 3.21. The zero-order valence-electron chi connectivity index (χ0n) is 8.20. The van der Waals surface area contributed by atoms with Crippen LogP contribution in [0, 0.1) is 0 Å². The van der Waals surface area contributed by atoms with E-state index in [1.807, 2.05) is 24.3 Å². The lowest BCUT2D eigenvalue weighted by Crippen LogP contribution is -2.83. The van der Waals surface area contributed by atoms with Crippen molar-refractivity contribution in [1.29, 1.82) is 0 Å². The second-order valence-corrected chi connectivity index (χ2v) is 4.13. The minimum atomic E-state index is 0.00678. The zero-order valence-corrected chi connectivity index (χ0v) is 9.78. The maximum Gasteiger partial charge on any atom is 0.344 e. The fourth-order valence-corrected chi connectivity index (χ4v) is 1.74. The molecule has 0 unspecified atom stereocenters. The van der Waals surface area contributed by atoms with Crippen molar-refractivity contribution in [1.82, 2.24) is 4.98 Å². The SMILES string of the molecule is C[NH2+]C(=O)c1cnc2cc(Br)ccc2c1. The summed E-state index contributed by atoms with van der Waals surface area (Å²) in [6, 6.07) is 7.67. The highest BCUT2D eigenvalue weighted by Gasteiger charge is 2.08. The summed E-state index contributed by atoms with van der Waals surface area (Å²) < 4.78 is 0.989. The summed E-state index contributed by atoms with van der Waals surface area (Å²) in [5.74, 6) is 0.00678. The summed E-state index contributed by atoms with van der Waals surface area (Å²) in [7, 11) is 1.73. The van der Waals surface area contributed by atoms with Crippen molar-refractivity contribution in [2.75, 3.05) is 7.05 Å². The number of quaternary nitrogens is 1. The average Bonchev–Trinajstić information content (AvgIpc) is 2.27. The molecule has 0 fully saturated rings. The summed E-state index contributed by atoms with van der Waals surface area (Å²) in [5, 5.41) is 2.52. The maximum absolute atomic E-state index is 11.4. The van der Waals surface area contributed by atoms with Crippen molar-refractivity contribution in [3.63, 3.8) is 0 Å². The van der Waals surface area contributed by atoms with Gasteiger partial charge in [0, 0.05) is 16.1 Å². The van der Waals surface area contributed by atoms with Gasteiger partial charge in [-0.25, -0.2) is 4.79 Å². The summed E-state index contributed by atoms with van der Waals surface area (Å²) in [6.45, 7) is 0. The number of carbonyl (C=O) groups is 1. The van der Waals surface area contributed by atoms with Crippen molar-refractivity contribution >= 4 is 32.7 Å². The Kier molecular flexibility index (Phi) is 2.79. The molecule has 0 atom stereocenters. The van der Waals surface area contributed by atoms with Gasteiger partial charge in [-0.3, -0.25) is 10.3 Å². The molecule has 76 valence electrons. The van der Waals surface area contributed by atoms with Crippen LogP contribution in [-0.4, -0.2) is 17.9 Å². The lowest BCUT2D eigenvalue weighted by atomic mass is 10.1. The van der Waals surface area contributed by atoms with Crippen LogP contribution in [0.2, 0.25) is 0 Å². The van der Waals surface area contributed by atoms with E-state index in [0.717, 1.165) is 15.4 Å². The Balaban J connectivity index is 2.57. The highest BCUT2D eigenvalue weighted by molar-refractivity contribution is 9.10. The Morgan fingerprint density at radius 2 is 2.20 bits per heavy atom. The molecule has 1 amide bonds. The Morgan fingerprint density at radius 1 is 1.40 bits per heavy atom. The number of aromatic nitrogens is 1. The van der Waals surface area contributed by atoms with E-state index in [9.17, 15) is 4.79 Å². The molecule has 1 heterocycles. The number of hydrogen-bond donors (Lipinski definition) is 1. The first-order chi connectivity index (χ1) is 7.20. The number of benzene rings is 1. The molecule has 0 radical (unpaired) electrons. The van der Waals surface area contributed by atoms with E-state index in [4.69, 9.17) is 0 Å². The third-order valence-corrected chi connectivity index (χ3v) is 2.69. The number of amides is 1. The predicted molar refractivity (Wildman–Crippen MR) is 61.6 cm³/mol. The van der Waals surface area contributed by atoms with Gasteiger partial charge in [0.05, 0.1) is 18.1 Å². The zero-order chi connectivity index (χ0) is 10.8. The number of fused-ring (bicyclic) bond motifs is 1. The second kappa shape index (κ2) is 4.08. The first kappa shape index (κ1) is 10.3. The van der Waals surface area contributed by atoms with Gasteiger partial charge >= 0.3 is 5.91 Å². The Bertz CT molecular complexity index is 525. The van der Waals surface area contributed by atoms with Gasteiger partial charge in [0.15, 0.2) is 0 Å². The van der Waals surface area contributed by atoms with Crippen molar-refractivity contribution in [3.8, 4) is 0 Å². The number of pyridine rings is 1. The molecule has 1 aromatic carbocycles. The number of halogens is 1. The number of carbonyl (C=O) groups excluding carboxylic acids is 1. The molecule has 15 heavy (non-hydrogen) atoms. The summed E-state index contributed by atoms with van der Waals surface area (Å²) in [5.41, 5.74) is 1.52. The number of nitrogens with two attached hydrogens (primary N) is 1. The third-order valence-electron chi connectivity index (χ3n) is 2.19. The molecule has 0 saturated carbocycles. The molecular formula is C11H10BrN2O+. The van der Waals surface area contributed by atoms with E-state index in [0.29, 0.717) is 5.56 Å². The van der Waals surface area contributed by atoms with Crippen LogP contribution in [0.5, 0.6) is 0 Å². The highest BCUT2D eigenvalue weighted by Crippen LogP contribution is 2.18. The molecule has 2 N–H and O–H groups in total. The standard InChI is InChI=1S/C11H9BrN2O/c1-13-11(15)8-4-7-2-3-9(12)5-10(7)14-6-8/h2-6H,1H3,(H,13,15)/p+1. The van der Waals surface area contributed by atoms with Crippen LogP contribution in [0.15, 0.2) is 34.9 Å². The van der Waals surface area contributed by atoms with Crippen molar-refractivity contribution in [2.45, 2.75) is 0 Å². The van der Waals surface area contributed by atoms with Gasteiger partial charge < -0.3 is 0 Å². The maximum atomic E-state index is 11.4. The molecule has 1 aromatic heterocycles. The molecule has 0 aliphatic carbocycles. The molecular weight excluding hydrogens is 256 g/mol. The molecule has 3 nitrogen and oxygen atoms in total. The molecule has 0 spiro atoms. The Hall–Kier alpha value is -1.26. The van der Waals surface area contributed by atoms with Crippen LogP contribution in [0.1, 0.15) is 10.4 Å². The summed E-state index contributed by atoms with van der Waals surface area (Å²) in [6.07, 6.45) is 1.61. The number of rotatable bonds is 1. The van der Waals surface area contributed by atoms with E-state index in [1.165, 1.54) is 0 Å². The van der Waals surface area contributed by atoms with E-state index >= 15 is 0 Å². The van der Waals surface area contributed by atoms with E-state index < -0.39 is 0 Å². The van der Waals surface area contributed by atoms with Gasteiger partial charge in [-0.15, -0.1) is 0 Å². The summed E-state index contributed by atoms with van der Waals surface area (Å²) >= 11 is 3.38.